The third-order valence-electron chi connectivity index (χ3n) is 2.27. The topological polar surface area (TPSA) is 51.2 Å². The quantitative estimate of drug-likeness (QED) is 0.921. The lowest BCUT2D eigenvalue weighted by molar-refractivity contribution is -0.122. The molecule has 1 unspecified atom stereocenters. The van der Waals surface area contributed by atoms with Crippen molar-refractivity contribution in [1.82, 2.24) is 4.98 Å². The summed E-state index contributed by atoms with van der Waals surface area (Å²) >= 11 is 1.40. The lowest BCUT2D eigenvalue weighted by Crippen LogP contribution is -2.30. The molecular weight excluding hydrogens is 248 g/mol. The van der Waals surface area contributed by atoms with E-state index in [1.165, 1.54) is 11.3 Å². The molecule has 4 nitrogen and oxygen atoms in total. The summed E-state index contributed by atoms with van der Waals surface area (Å²) < 4.78 is 5.52. The first-order chi connectivity index (χ1) is 8.65. The van der Waals surface area contributed by atoms with Crippen LogP contribution in [0, 0.1) is 6.92 Å². The highest BCUT2D eigenvalue weighted by Crippen LogP contribution is 2.16. The highest BCUT2D eigenvalue weighted by Gasteiger charge is 2.15. The van der Waals surface area contributed by atoms with Crippen LogP contribution in [0.1, 0.15) is 12.6 Å². The summed E-state index contributed by atoms with van der Waals surface area (Å²) in [7, 11) is 0. The number of hydrogen-bond donors (Lipinski definition) is 1. The molecule has 0 spiro atoms. The van der Waals surface area contributed by atoms with Crippen LogP contribution in [-0.4, -0.2) is 17.0 Å². The Labute approximate surface area is 110 Å². The molecule has 1 heterocycles. The smallest absolute Gasteiger partial charge is 0.266 e. The number of hydrogen-bond acceptors (Lipinski definition) is 4. The van der Waals surface area contributed by atoms with Gasteiger partial charge in [-0.25, -0.2) is 4.98 Å². The zero-order valence-electron chi connectivity index (χ0n) is 10.2. The van der Waals surface area contributed by atoms with E-state index in [-0.39, 0.29) is 5.91 Å². The van der Waals surface area contributed by atoms with Crippen LogP contribution in [0.15, 0.2) is 35.7 Å². The van der Waals surface area contributed by atoms with Crippen molar-refractivity contribution in [3.8, 4) is 5.75 Å². The first-order valence-corrected chi connectivity index (χ1v) is 6.48. The van der Waals surface area contributed by atoms with Gasteiger partial charge in [0.25, 0.3) is 5.91 Å². The maximum Gasteiger partial charge on any atom is 0.266 e. The minimum atomic E-state index is -0.559. The molecule has 0 saturated carbocycles. The van der Waals surface area contributed by atoms with Gasteiger partial charge < -0.3 is 4.74 Å². The second kappa shape index (κ2) is 5.64. The molecule has 0 fully saturated rings. The van der Waals surface area contributed by atoms with Crippen LogP contribution in [-0.2, 0) is 4.79 Å². The van der Waals surface area contributed by atoms with Gasteiger partial charge in [-0.05, 0) is 26.0 Å². The number of aryl methyl sites for hydroxylation is 1. The van der Waals surface area contributed by atoms with Crippen molar-refractivity contribution in [3.05, 3.63) is 41.4 Å². The fourth-order valence-electron chi connectivity index (χ4n) is 1.38. The van der Waals surface area contributed by atoms with Gasteiger partial charge in [-0.15, -0.1) is 11.3 Å². The molecule has 1 aromatic heterocycles. The number of para-hydroxylation sites is 1. The molecule has 1 N–H and O–H groups in total. The van der Waals surface area contributed by atoms with E-state index >= 15 is 0 Å². The highest BCUT2D eigenvalue weighted by atomic mass is 32.1. The summed E-state index contributed by atoms with van der Waals surface area (Å²) in [4.78, 5) is 16.0. The van der Waals surface area contributed by atoms with Crippen molar-refractivity contribution in [1.29, 1.82) is 0 Å². The Morgan fingerprint density at radius 3 is 2.72 bits per heavy atom. The van der Waals surface area contributed by atoms with Crippen LogP contribution < -0.4 is 10.1 Å². The SMILES string of the molecule is Cc1csc(NC(=O)C(C)Oc2ccccc2)n1. The summed E-state index contributed by atoms with van der Waals surface area (Å²) in [6, 6.07) is 9.26. The average molecular weight is 262 g/mol. The van der Waals surface area contributed by atoms with Gasteiger partial charge in [0.05, 0.1) is 5.69 Å². The number of aromatic nitrogens is 1. The van der Waals surface area contributed by atoms with Gasteiger partial charge >= 0.3 is 0 Å². The van der Waals surface area contributed by atoms with Gasteiger partial charge in [0, 0.05) is 5.38 Å². The van der Waals surface area contributed by atoms with Gasteiger partial charge in [-0.3, -0.25) is 10.1 Å². The van der Waals surface area contributed by atoms with Gasteiger partial charge in [0.2, 0.25) is 0 Å². The van der Waals surface area contributed by atoms with E-state index in [2.05, 4.69) is 10.3 Å². The van der Waals surface area contributed by atoms with Crippen molar-refractivity contribution in [2.45, 2.75) is 20.0 Å². The van der Waals surface area contributed by atoms with Crippen molar-refractivity contribution in [2.24, 2.45) is 0 Å². The van der Waals surface area contributed by atoms with E-state index < -0.39 is 6.10 Å². The zero-order chi connectivity index (χ0) is 13.0. The molecule has 18 heavy (non-hydrogen) atoms. The molecule has 1 amide bonds. The van der Waals surface area contributed by atoms with Gasteiger partial charge in [0.15, 0.2) is 11.2 Å². The van der Waals surface area contributed by atoms with Gasteiger partial charge in [-0.1, -0.05) is 18.2 Å². The Morgan fingerprint density at radius 2 is 2.11 bits per heavy atom. The van der Waals surface area contributed by atoms with Crippen LogP contribution >= 0.6 is 11.3 Å². The maximum absolute atomic E-state index is 11.9. The summed E-state index contributed by atoms with van der Waals surface area (Å²) in [6.45, 7) is 3.60. The molecule has 0 radical (unpaired) electrons. The molecule has 94 valence electrons. The number of rotatable bonds is 4. The fraction of sp³-hybridized carbons (Fsp3) is 0.231. The number of thiazole rings is 1. The number of nitrogens with one attached hydrogen (secondary N) is 1. The molecule has 0 saturated heterocycles. The molecule has 5 heteroatoms. The van der Waals surface area contributed by atoms with Crippen LogP contribution in [0.4, 0.5) is 5.13 Å². The van der Waals surface area contributed by atoms with Crippen molar-refractivity contribution >= 4 is 22.4 Å². The number of amides is 1. The third-order valence-corrected chi connectivity index (χ3v) is 3.15. The van der Waals surface area contributed by atoms with E-state index in [0.29, 0.717) is 10.9 Å². The average Bonchev–Trinajstić information content (AvgIpc) is 2.76. The monoisotopic (exact) mass is 262 g/mol. The van der Waals surface area contributed by atoms with Crippen molar-refractivity contribution in [2.75, 3.05) is 5.32 Å². The standard InChI is InChI=1S/C13H14N2O2S/c1-9-8-18-13(14-9)15-12(16)10(2)17-11-6-4-3-5-7-11/h3-8,10H,1-2H3,(H,14,15,16). The summed E-state index contributed by atoms with van der Waals surface area (Å²) in [5.41, 5.74) is 0.895. The lowest BCUT2D eigenvalue weighted by atomic mass is 10.3. The van der Waals surface area contributed by atoms with E-state index in [1.807, 2.05) is 42.6 Å². The molecule has 2 rings (SSSR count). The number of nitrogens with zero attached hydrogens (tertiary/aromatic N) is 1. The predicted octanol–water partition coefficient (Wildman–Crippen LogP) is 2.86. The van der Waals surface area contributed by atoms with Crippen molar-refractivity contribution in [3.63, 3.8) is 0 Å². The summed E-state index contributed by atoms with van der Waals surface area (Å²) in [6.07, 6.45) is -0.559. The number of ether oxygens (including phenoxy) is 1. The Bertz CT molecular complexity index is 525. The first-order valence-electron chi connectivity index (χ1n) is 5.60. The molecule has 0 aliphatic rings. The predicted molar refractivity (Wildman–Crippen MR) is 72.0 cm³/mol. The Kier molecular flexibility index (Phi) is 3.94. The largest absolute Gasteiger partial charge is 0.481 e. The number of carbonyl (C=O) groups is 1. The second-order valence-electron chi connectivity index (χ2n) is 3.86. The van der Waals surface area contributed by atoms with E-state index in [4.69, 9.17) is 4.74 Å². The van der Waals surface area contributed by atoms with Crippen LogP contribution in [0.2, 0.25) is 0 Å². The van der Waals surface area contributed by atoms with Crippen LogP contribution in [0.25, 0.3) is 0 Å². The number of carbonyl (C=O) groups excluding carboxylic acids is 1. The Morgan fingerprint density at radius 1 is 1.39 bits per heavy atom. The Hall–Kier alpha value is -1.88. The van der Waals surface area contributed by atoms with Crippen LogP contribution in [0.3, 0.4) is 0 Å². The number of anilines is 1. The molecule has 0 aliphatic carbocycles. The minimum absolute atomic E-state index is 0.201. The molecular formula is C13H14N2O2S. The summed E-state index contributed by atoms with van der Waals surface area (Å²) in [5.74, 6) is 0.476. The lowest BCUT2D eigenvalue weighted by Gasteiger charge is -2.13. The Balaban J connectivity index is 1.93. The first kappa shape index (κ1) is 12.6. The zero-order valence-corrected chi connectivity index (χ0v) is 11.0. The van der Waals surface area contributed by atoms with E-state index in [1.54, 1.807) is 6.92 Å². The highest BCUT2D eigenvalue weighted by molar-refractivity contribution is 7.13. The normalized spacial score (nSPS) is 11.9. The van der Waals surface area contributed by atoms with E-state index in [0.717, 1.165) is 5.69 Å². The van der Waals surface area contributed by atoms with Gasteiger partial charge in [0.1, 0.15) is 5.75 Å². The molecule has 2 aromatic rings. The third kappa shape index (κ3) is 3.30. The summed E-state index contributed by atoms with van der Waals surface area (Å²) in [5, 5.41) is 5.21. The van der Waals surface area contributed by atoms with Crippen LogP contribution in [0.5, 0.6) is 5.75 Å². The van der Waals surface area contributed by atoms with Gasteiger partial charge in [-0.2, -0.15) is 0 Å². The van der Waals surface area contributed by atoms with Crippen molar-refractivity contribution < 1.29 is 9.53 Å². The molecule has 1 aromatic carbocycles. The minimum Gasteiger partial charge on any atom is -0.481 e. The number of benzene rings is 1. The molecule has 0 bridgehead atoms. The fourth-order valence-corrected chi connectivity index (χ4v) is 2.07. The molecule has 0 aliphatic heterocycles. The molecule has 1 atom stereocenters. The van der Waals surface area contributed by atoms with E-state index in [9.17, 15) is 4.79 Å². The second-order valence-corrected chi connectivity index (χ2v) is 4.71. The maximum atomic E-state index is 11.9.